The molecule has 5 nitrogen and oxygen atoms in total. The average molecular weight is 583 g/mol. The molecule has 42 heavy (non-hydrogen) atoms. The Balaban J connectivity index is 1.61. The Morgan fingerprint density at radius 2 is 1.57 bits per heavy atom. The van der Waals surface area contributed by atoms with Crippen molar-refractivity contribution in [3.63, 3.8) is 0 Å². The molecule has 5 aromatic rings. The second-order valence-electron chi connectivity index (χ2n) is 10.7. The van der Waals surface area contributed by atoms with E-state index in [4.69, 9.17) is 16.0 Å². The Kier molecular flexibility index (Phi) is 8.74. The lowest BCUT2D eigenvalue weighted by molar-refractivity contribution is 0.0945. The number of carbonyl (C=O) groups excluding carboxylic acids is 2. The Hall–Kier alpha value is -4.42. The first kappa shape index (κ1) is 29.1. The van der Waals surface area contributed by atoms with Crippen molar-refractivity contribution in [3.8, 4) is 22.5 Å². The molecule has 0 unspecified atom stereocenters. The molecule has 4 aromatic carbocycles. The summed E-state index contributed by atoms with van der Waals surface area (Å²) in [5.41, 5.74) is 6.03. The van der Waals surface area contributed by atoms with E-state index in [1.54, 1.807) is 19.2 Å². The lowest BCUT2D eigenvalue weighted by atomic mass is 9.92. The van der Waals surface area contributed by atoms with Gasteiger partial charge in [0.05, 0.1) is 5.56 Å². The number of hydrogen-bond donors (Lipinski definition) is 2. The summed E-state index contributed by atoms with van der Waals surface area (Å²) in [6.07, 6.45) is 1.52. The Labute approximate surface area is 249 Å². The first-order valence-electron chi connectivity index (χ1n) is 13.9. The van der Waals surface area contributed by atoms with Gasteiger partial charge in [-0.15, -0.1) is 0 Å². The molecule has 0 bridgehead atoms. The molecule has 0 saturated heterocycles. The molecule has 5 rings (SSSR count). The van der Waals surface area contributed by atoms with Gasteiger partial charge in [0.1, 0.15) is 17.2 Å². The summed E-state index contributed by atoms with van der Waals surface area (Å²) in [6.45, 7) is 4.68. The number of aryl methyl sites for hydroxylation is 2. The Bertz CT molecular complexity index is 1740. The van der Waals surface area contributed by atoms with Crippen molar-refractivity contribution in [1.29, 1.82) is 0 Å². The van der Waals surface area contributed by atoms with Gasteiger partial charge in [0, 0.05) is 35.1 Å². The van der Waals surface area contributed by atoms with E-state index < -0.39 is 0 Å². The van der Waals surface area contributed by atoms with E-state index >= 15 is 0 Å². The number of furan rings is 1. The predicted octanol–water partition coefficient (Wildman–Crippen LogP) is 8.09. The zero-order chi connectivity index (χ0) is 29.8. The first-order chi connectivity index (χ1) is 20.2. The van der Waals surface area contributed by atoms with Crippen molar-refractivity contribution in [3.05, 3.63) is 118 Å². The topological polar surface area (TPSA) is 71.3 Å². The highest BCUT2D eigenvalue weighted by molar-refractivity contribution is 6.30. The fourth-order valence-electron chi connectivity index (χ4n) is 4.95. The molecular weight excluding hydrogens is 551 g/mol. The van der Waals surface area contributed by atoms with Crippen LogP contribution in [0.25, 0.3) is 33.4 Å². The quantitative estimate of drug-likeness (QED) is 0.184. The van der Waals surface area contributed by atoms with E-state index in [1.165, 1.54) is 12.1 Å². The number of benzene rings is 4. The van der Waals surface area contributed by atoms with Crippen LogP contribution in [0.3, 0.4) is 0 Å². The normalized spacial score (nSPS) is 11.2. The van der Waals surface area contributed by atoms with Crippen LogP contribution in [0.15, 0.2) is 89.3 Å². The first-order valence-corrected chi connectivity index (χ1v) is 14.3. The van der Waals surface area contributed by atoms with Crippen LogP contribution in [0.4, 0.5) is 4.39 Å². The summed E-state index contributed by atoms with van der Waals surface area (Å²) in [7, 11) is 1.56. The van der Waals surface area contributed by atoms with Crippen molar-refractivity contribution < 1.29 is 18.4 Å². The monoisotopic (exact) mass is 582 g/mol. The maximum absolute atomic E-state index is 13.6. The van der Waals surface area contributed by atoms with Crippen LogP contribution in [-0.4, -0.2) is 25.4 Å². The molecule has 1 aromatic heterocycles. The van der Waals surface area contributed by atoms with Crippen molar-refractivity contribution >= 4 is 34.4 Å². The lowest BCUT2D eigenvalue weighted by Crippen LogP contribution is -2.27. The SMILES string of the molecule is CNC(=O)c1c(-c2ccc(F)cc2)oc2ccc(-c3cc(C(=O)NCC(C)C)ccc3CCc3ccc(Cl)cc3)cc12. The van der Waals surface area contributed by atoms with Crippen molar-refractivity contribution in [1.82, 2.24) is 10.6 Å². The van der Waals surface area contributed by atoms with Crippen LogP contribution in [0.5, 0.6) is 0 Å². The largest absolute Gasteiger partial charge is 0.455 e. The molecule has 214 valence electrons. The van der Waals surface area contributed by atoms with E-state index in [2.05, 4.69) is 24.5 Å². The van der Waals surface area contributed by atoms with Crippen LogP contribution >= 0.6 is 11.6 Å². The minimum atomic E-state index is -0.373. The molecule has 0 saturated carbocycles. The van der Waals surface area contributed by atoms with E-state index in [9.17, 15) is 14.0 Å². The zero-order valence-electron chi connectivity index (χ0n) is 23.8. The van der Waals surface area contributed by atoms with E-state index in [0.29, 0.717) is 50.9 Å². The molecule has 0 aliphatic heterocycles. The number of nitrogens with one attached hydrogen (secondary N) is 2. The summed E-state index contributed by atoms with van der Waals surface area (Å²) in [5.74, 6) is -0.124. The molecule has 0 radical (unpaired) electrons. The van der Waals surface area contributed by atoms with E-state index in [-0.39, 0.29) is 17.6 Å². The second kappa shape index (κ2) is 12.6. The van der Waals surface area contributed by atoms with Gasteiger partial charge in [-0.1, -0.05) is 49.7 Å². The van der Waals surface area contributed by atoms with Crippen molar-refractivity contribution in [2.45, 2.75) is 26.7 Å². The van der Waals surface area contributed by atoms with Crippen LogP contribution in [-0.2, 0) is 12.8 Å². The fourth-order valence-corrected chi connectivity index (χ4v) is 5.08. The molecule has 0 aliphatic carbocycles. The summed E-state index contributed by atoms with van der Waals surface area (Å²) in [5, 5.41) is 7.03. The van der Waals surface area contributed by atoms with Crippen LogP contribution in [0, 0.1) is 11.7 Å². The standard InChI is InChI=1S/C35H32ClFN2O3/c1-21(2)20-39-34(40)26-9-8-23(7-4-22-5-13-27(36)14-6-22)29(19-26)25-12-17-31-30(18-25)32(35(41)38-3)33(42-31)24-10-15-28(37)16-11-24/h5-6,8-19,21H,4,7,20H2,1-3H3,(H,38,41)(H,39,40). The van der Waals surface area contributed by atoms with E-state index in [0.717, 1.165) is 35.1 Å². The molecule has 2 N–H and O–H groups in total. The van der Waals surface area contributed by atoms with Gasteiger partial charge < -0.3 is 15.1 Å². The lowest BCUT2D eigenvalue weighted by Gasteiger charge is -2.14. The van der Waals surface area contributed by atoms with Gasteiger partial charge in [-0.2, -0.15) is 0 Å². The van der Waals surface area contributed by atoms with Crippen LogP contribution in [0.2, 0.25) is 5.02 Å². The number of halogens is 2. The molecule has 0 spiro atoms. The maximum atomic E-state index is 13.6. The fraction of sp³-hybridized carbons (Fsp3) is 0.200. The molecule has 0 fully saturated rings. The van der Waals surface area contributed by atoms with Crippen molar-refractivity contribution in [2.75, 3.05) is 13.6 Å². The van der Waals surface area contributed by atoms with Gasteiger partial charge in [-0.25, -0.2) is 4.39 Å². The molecular formula is C35H32ClFN2O3. The summed E-state index contributed by atoms with van der Waals surface area (Å²) in [6, 6.07) is 25.1. The number of amides is 2. The number of fused-ring (bicyclic) bond motifs is 1. The summed E-state index contributed by atoms with van der Waals surface area (Å²) in [4.78, 5) is 26.1. The van der Waals surface area contributed by atoms with Gasteiger partial charge in [0.2, 0.25) is 0 Å². The third kappa shape index (κ3) is 6.39. The Morgan fingerprint density at radius 3 is 2.26 bits per heavy atom. The highest BCUT2D eigenvalue weighted by atomic mass is 35.5. The van der Waals surface area contributed by atoms with Crippen LogP contribution < -0.4 is 10.6 Å². The smallest absolute Gasteiger partial charge is 0.255 e. The third-order valence-electron chi connectivity index (χ3n) is 7.20. The van der Waals surface area contributed by atoms with Gasteiger partial charge in [0.15, 0.2) is 0 Å². The molecule has 7 heteroatoms. The van der Waals surface area contributed by atoms with Gasteiger partial charge >= 0.3 is 0 Å². The minimum absolute atomic E-state index is 0.136. The van der Waals surface area contributed by atoms with Gasteiger partial charge in [0.25, 0.3) is 11.8 Å². The van der Waals surface area contributed by atoms with Crippen molar-refractivity contribution in [2.24, 2.45) is 5.92 Å². The Morgan fingerprint density at radius 1 is 0.857 bits per heavy atom. The zero-order valence-corrected chi connectivity index (χ0v) is 24.5. The van der Waals surface area contributed by atoms with E-state index in [1.807, 2.05) is 60.7 Å². The van der Waals surface area contributed by atoms with Gasteiger partial charge in [-0.3, -0.25) is 9.59 Å². The highest BCUT2D eigenvalue weighted by Crippen LogP contribution is 2.37. The summed E-state index contributed by atoms with van der Waals surface area (Å²) < 4.78 is 19.8. The molecule has 1 heterocycles. The highest BCUT2D eigenvalue weighted by Gasteiger charge is 2.23. The average Bonchev–Trinajstić information content (AvgIpc) is 3.38. The van der Waals surface area contributed by atoms with Crippen LogP contribution in [0.1, 0.15) is 45.7 Å². The molecule has 2 amide bonds. The third-order valence-corrected chi connectivity index (χ3v) is 7.45. The molecule has 0 atom stereocenters. The summed E-state index contributed by atoms with van der Waals surface area (Å²) >= 11 is 6.08. The van der Waals surface area contributed by atoms with Gasteiger partial charge in [-0.05, 0) is 102 Å². The minimum Gasteiger partial charge on any atom is -0.455 e. The predicted molar refractivity (Wildman–Crippen MR) is 166 cm³/mol. The number of carbonyl (C=O) groups is 2. The maximum Gasteiger partial charge on any atom is 0.255 e. The molecule has 0 aliphatic rings. The second-order valence-corrected chi connectivity index (χ2v) is 11.1. The number of hydrogen-bond acceptors (Lipinski definition) is 3. The number of rotatable bonds is 9.